The highest BCUT2D eigenvalue weighted by atomic mass is 19.1. The quantitative estimate of drug-likeness (QED) is 0.751. The Morgan fingerprint density at radius 1 is 0.875 bits per heavy atom. The minimum absolute atomic E-state index is 0.500. The molecule has 4 heteroatoms. The van der Waals surface area contributed by atoms with Gasteiger partial charge >= 0.3 is 0 Å². The molecule has 1 rings (SSSR count). The van der Waals surface area contributed by atoms with Gasteiger partial charge in [-0.15, -0.1) is 0 Å². The number of ether oxygens (including phenoxy) is 1. The standard InChI is InChI=1S/C10H13FO.2CH3F/c1-7-4-9(3)10(12-6-11)5-8(7)2;2*1-2/h4-5H,6H2,1-3H3;2*1H3. The third kappa shape index (κ3) is 5.63. The Labute approximate surface area is 95.2 Å². The van der Waals surface area contributed by atoms with Crippen LogP contribution in [0.15, 0.2) is 12.1 Å². The van der Waals surface area contributed by atoms with Crippen LogP contribution in [0.4, 0.5) is 13.2 Å². The summed E-state index contributed by atoms with van der Waals surface area (Å²) in [7, 11) is 1.00. The first kappa shape index (κ1) is 17.2. The molecule has 0 saturated heterocycles. The van der Waals surface area contributed by atoms with E-state index in [9.17, 15) is 13.2 Å². The molecule has 0 aliphatic carbocycles. The van der Waals surface area contributed by atoms with Gasteiger partial charge in [-0.3, -0.25) is 8.78 Å². The third-order valence-corrected chi connectivity index (χ3v) is 2.00. The van der Waals surface area contributed by atoms with E-state index in [0.29, 0.717) is 20.1 Å². The van der Waals surface area contributed by atoms with Crippen molar-refractivity contribution in [3.8, 4) is 5.75 Å². The van der Waals surface area contributed by atoms with E-state index in [1.165, 1.54) is 5.56 Å². The molecule has 0 aliphatic rings. The molecule has 0 saturated carbocycles. The second-order valence-corrected chi connectivity index (χ2v) is 2.96. The molecule has 94 valence electrons. The van der Waals surface area contributed by atoms with Crippen LogP contribution >= 0.6 is 0 Å². The first-order valence-electron chi connectivity index (χ1n) is 4.67. The predicted molar refractivity (Wildman–Crippen MR) is 61.3 cm³/mol. The maximum absolute atomic E-state index is 11.9. The van der Waals surface area contributed by atoms with Gasteiger partial charge in [-0.1, -0.05) is 6.07 Å². The van der Waals surface area contributed by atoms with E-state index in [4.69, 9.17) is 4.74 Å². The molecule has 0 radical (unpaired) electrons. The van der Waals surface area contributed by atoms with Crippen LogP contribution in [-0.2, 0) is 0 Å². The molecule has 0 unspecified atom stereocenters. The lowest BCUT2D eigenvalue weighted by molar-refractivity contribution is 0.190. The minimum atomic E-state index is -0.761. The maximum atomic E-state index is 11.9. The highest BCUT2D eigenvalue weighted by Crippen LogP contribution is 2.22. The monoisotopic (exact) mass is 236 g/mol. The van der Waals surface area contributed by atoms with Crippen LogP contribution in [0.1, 0.15) is 16.7 Å². The summed E-state index contributed by atoms with van der Waals surface area (Å²) in [4.78, 5) is 0. The van der Waals surface area contributed by atoms with E-state index < -0.39 is 6.86 Å². The first-order valence-corrected chi connectivity index (χ1v) is 4.67. The summed E-state index contributed by atoms with van der Waals surface area (Å²) in [6, 6.07) is 3.87. The molecule has 0 fully saturated rings. The smallest absolute Gasteiger partial charge is 0.228 e. The van der Waals surface area contributed by atoms with Gasteiger partial charge in [-0.05, 0) is 43.5 Å². The van der Waals surface area contributed by atoms with Crippen molar-refractivity contribution in [3.63, 3.8) is 0 Å². The highest BCUT2D eigenvalue weighted by molar-refractivity contribution is 5.40. The lowest BCUT2D eigenvalue weighted by Gasteiger charge is -2.08. The molecular weight excluding hydrogens is 217 g/mol. The summed E-state index contributed by atoms with van der Waals surface area (Å²) in [5.41, 5.74) is 3.32. The fraction of sp³-hybridized carbons (Fsp3) is 0.500. The Bertz CT molecular complexity index is 288. The number of rotatable bonds is 2. The number of aryl methyl sites for hydroxylation is 3. The Kier molecular flexibility index (Phi) is 11.1. The van der Waals surface area contributed by atoms with Crippen LogP contribution < -0.4 is 4.74 Å². The maximum Gasteiger partial charge on any atom is 0.228 e. The number of hydrogen-bond acceptors (Lipinski definition) is 1. The Hall–Kier alpha value is -1.19. The Morgan fingerprint density at radius 2 is 1.31 bits per heavy atom. The molecule has 0 aliphatic heterocycles. The van der Waals surface area contributed by atoms with E-state index >= 15 is 0 Å². The predicted octanol–water partition coefficient (Wildman–Crippen LogP) is 4.09. The van der Waals surface area contributed by atoms with Crippen molar-refractivity contribution in [1.29, 1.82) is 0 Å². The summed E-state index contributed by atoms with van der Waals surface area (Å²) < 4.78 is 35.7. The molecule has 16 heavy (non-hydrogen) atoms. The summed E-state index contributed by atoms with van der Waals surface area (Å²) in [5, 5.41) is 0. The van der Waals surface area contributed by atoms with Gasteiger partial charge < -0.3 is 4.74 Å². The van der Waals surface area contributed by atoms with E-state index in [1.807, 2.05) is 32.9 Å². The van der Waals surface area contributed by atoms with E-state index in [0.717, 1.165) is 11.1 Å². The van der Waals surface area contributed by atoms with Crippen molar-refractivity contribution in [3.05, 3.63) is 28.8 Å². The lowest BCUT2D eigenvalue weighted by Crippen LogP contribution is -1.94. The zero-order valence-electron chi connectivity index (χ0n) is 10.4. The van der Waals surface area contributed by atoms with E-state index in [-0.39, 0.29) is 0 Å². The topological polar surface area (TPSA) is 9.23 Å². The fourth-order valence-electron chi connectivity index (χ4n) is 1.15. The van der Waals surface area contributed by atoms with E-state index in [2.05, 4.69) is 0 Å². The number of hydrogen-bond donors (Lipinski definition) is 0. The van der Waals surface area contributed by atoms with Gasteiger partial charge in [0.2, 0.25) is 6.86 Å². The minimum Gasteiger partial charge on any atom is -0.463 e. The van der Waals surface area contributed by atoms with Crippen LogP contribution in [0.5, 0.6) is 5.75 Å². The van der Waals surface area contributed by atoms with Crippen molar-refractivity contribution in [2.45, 2.75) is 20.8 Å². The third-order valence-electron chi connectivity index (χ3n) is 2.00. The van der Waals surface area contributed by atoms with Crippen LogP contribution in [0.25, 0.3) is 0 Å². The number of halogens is 3. The molecular formula is C12H19F3O. The Morgan fingerprint density at radius 3 is 1.75 bits per heavy atom. The number of alkyl halides is 3. The van der Waals surface area contributed by atoms with Gasteiger partial charge in [0.1, 0.15) is 5.75 Å². The van der Waals surface area contributed by atoms with Crippen molar-refractivity contribution in [2.75, 3.05) is 21.2 Å². The highest BCUT2D eigenvalue weighted by Gasteiger charge is 2.01. The zero-order chi connectivity index (χ0) is 13.1. The molecule has 1 aromatic carbocycles. The van der Waals surface area contributed by atoms with Crippen molar-refractivity contribution < 1.29 is 17.9 Å². The first-order chi connectivity index (χ1) is 7.65. The summed E-state index contributed by atoms with van der Waals surface area (Å²) in [5.74, 6) is 0.639. The molecule has 0 spiro atoms. The molecule has 0 N–H and O–H groups in total. The van der Waals surface area contributed by atoms with Gasteiger partial charge in [0, 0.05) is 0 Å². The normalized spacial score (nSPS) is 8.25. The van der Waals surface area contributed by atoms with Gasteiger partial charge in [0.05, 0.1) is 14.4 Å². The second kappa shape index (κ2) is 10.3. The van der Waals surface area contributed by atoms with Crippen molar-refractivity contribution in [1.82, 2.24) is 0 Å². The Balaban J connectivity index is 0. The van der Waals surface area contributed by atoms with E-state index in [1.54, 1.807) is 0 Å². The van der Waals surface area contributed by atoms with Gasteiger partial charge in [-0.25, -0.2) is 4.39 Å². The largest absolute Gasteiger partial charge is 0.463 e. The molecule has 0 amide bonds. The molecule has 1 nitrogen and oxygen atoms in total. The van der Waals surface area contributed by atoms with Gasteiger partial charge in [0.25, 0.3) is 0 Å². The number of benzene rings is 1. The van der Waals surface area contributed by atoms with Crippen molar-refractivity contribution >= 4 is 0 Å². The fourth-order valence-corrected chi connectivity index (χ4v) is 1.15. The molecule has 0 aromatic heterocycles. The van der Waals surface area contributed by atoms with Crippen LogP contribution in [0.3, 0.4) is 0 Å². The molecule has 0 heterocycles. The average Bonchev–Trinajstić information content (AvgIpc) is 2.31. The van der Waals surface area contributed by atoms with Gasteiger partial charge in [-0.2, -0.15) is 0 Å². The van der Waals surface area contributed by atoms with Crippen LogP contribution in [0, 0.1) is 20.8 Å². The second-order valence-electron chi connectivity index (χ2n) is 2.96. The lowest BCUT2D eigenvalue weighted by atomic mass is 10.1. The van der Waals surface area contributed by atoms with Crippen LogP contribution in [0.2, 0.25) is 0 Å². The SMILES string of the molecule is CF.CF.Cc1cc(C)c(OCF)cc1C. The summed E-state index contributed by atoms with van der Waals surface area (Å²) in [6.07, 6.45) is 0. The summed E-state index contributed by atoms with van der Waals surface area (Å²) >= 11 is 0. The van der Waals surface area contributed by atoms with Crippen molar-refractivity contribution in [2.24, 2.45) is 0 Å². The molecule has 0 bridgehead atoms. The molecule has 1 aromatic rings. The van der Waals surface area contributed by atoms with Crippen LogP contribution in [-0.4, -0.2) is 21.2 Å². The average molecular weight is 236 g/mol. The zero-order valence-corrected chi connectivity index (χ0v) is 10.4. The van der Waals surface area contributed by atoms with Gasteiger partial charge in [0.15, 0.2) is 0 Å². The molecule has 0 atom stereocenters. The summed E-state index contributed by atoms with van der Waals surface area (Å²) in [6.45, 7) is 5.17.